The summed E-state index contributed by atoms with van der Waals surface area (Å²) in [5.74, 6) is -0.356. The van der Waals surface area contributed by atoms with Gasteiger partial charge in [-0.15, -0.1) is 0 Å². The summed E-state index contributed by atoms with van der Waals surface area (Å²) in [6.45, 7) is 0. The summed E-state index contributed by atoms with van der Waals surface area (Å²) >= 11 is 0. The quantitative estimate of drug-likeness (QED) is 0.574. The number of para-hydroxylation sites is 2. The Labute approximate surface area is 135 Å². The molecule has 1 N–H and O–H groups in total. The fraction of sp³-hybridized carbons (Fsp3) is 0. The molecule has 0 aliphatic heterocycles. The first-order valence-corrected chi connectivity index (χ1v) is 7.26. The van der Waals surface area contributed by atoms with Crippen LogP contribution in [0.3, 0.4) is 0 Å². The van der Waals surface area contributed by atoms with Crippen molar-refractivity contribution in [2.24, 2.45) is 0 Å². The molecule has 0 bridgehead atoms. The zero-order valence-corrected chi connectivity index (χ0v) is 12.4. The lowest BCUT2D eigenvalue weighted by Crippen LogP contribution is -2.14. The van der Waals surface area contributed by atoms with Gasteiger partial charge < -0.3 is 9.73 Å². The standard InChI is InChI=1S/C18H11N3O3/c22-17-8-5-11-9-12(6-7-16(11)24-17)20-18(23)15-10-19-13-3-1-2-4-14(13)21-15/h1-10H,(H,20,23). The van der Waals surface area contributed by atoms with E-state index in [1.807, 2.05) is 18.2 Å². The van der Waals surface area contributed by atoms with E-state index in [4.69, 9.17) is 4.42 Å². The van der Waals surface area contributed by atoms with Gasteiger partial charge in [-0.2, -0.15) is 0 Å². The smallest absolute Gasteiger partial charge is 0.336 e. The average molecular weight is 317 g/mol. The van der Waals surface area contributed by atoms with Crippen LogP contribution in [0.2, 0.25) is 0 Å². The average Bonchev–Trinajstić information content (AvgIpc) is 2.61. The van der Waals surface area contributed by atoms with Crippen LogP contribution in [-0.4, -0.2) is 15.9 Å². The van der Waals surface area contributed by atoms with Crippen LogP contribution in [0.15, 0.2) is 70.0 Å². The maximum Gasteiger partial charge on any atom is 0.336 e. The zero-order chi connectivity index (χ0) is 16.5. The van der Waals surface area contributed by atoms with Crippen LogP contribution in [0.4, 0.5) is 5.69 Å². The first-order valence-electron chi connectivity index (χ1n) is 7.26. The van der Waals surface area contributed by atoms with E-state index in [-0.39, 0.29) is 11.6 Å². The number of anilines is 1. The van der Waals surface area contributed by atoms with E-state index in [0.29, 0.717) is 16.8 Å². The minimum atomic E-state index is -0.411. The lowest BCUT2D eigenvalue weighted by molar-refractivity contribution is 0.102. The normalized spacial score (nSPS) is 10.8. The third-order valence-electron chi connectivity index (χ3n) is 3.56. The number of carbonyl (C=O) groups is 1. The molecule has 4 rings (SSSR count). The Morgan fingerprint density at radius 3 is 2.71 bits per heavy atom. The van der Waals surface area contributed by atoms with Crippen LogP contribution >= 0.6 is 0 Å². The summed E-state index contributed by atoms with van der Waals surface area (Å²) in [6, 6.07) is 15.4. The van der Waals surface area contributed by atoms with Crippen molar-refractivity contribution < 1.29 is 9.21 Å². The summed E-state index contributed by atoms with van der Waals surface area (Å²) in [5.41, 5.74) is 2.25. The van der Waals surface area contributed by atoms with Gasteiger partial charge in [0, 0.05) is 17.1 Å². The molecule has 0 saturated carbocycles. The number of aromatic nitrogens is 2. The Morgan fingerprint density at radius 2 is 1.83 bits per heavy atom. The lowest BCUT2D eigenvalue weighted by Gasteiger charge is -2.06. The van der Waals surface area contributed by atoms with Gasteiger partial charge in [0.2, 0.25) is 0 Å². The van der Waals surface area contributed by atoms with E-state index < -0.39 is 5.63 Å². The molecule has 0 spiro atoms. The number of carbonyl (C=O) groups excluding carboxylic acids is 1. The third-order valence-corrected chi connectivity index (χ3v) is 3.56. The summed E-state index contributed by atoms with van der Waals surface area (Å²) in [6.07, 6.45) is 1.44. The second kappa shape index (κ2) is 5.58. The van der Waals surface area contributed by atoms with E-state index in [1.165, 1.54) is 12.3 Å². The predicted octanol–water partition coefficient (Wildman–Crippen LogP) is 2.99. The third kappa shape index (κ3) is 2.61. The van der Waals surface area contributed by atoms with Gasteiger partial charge in [-0.25, -0.2) is 9.78 Å². The van der Waals surface area contributed by atoms with Gasteiger partial charge in [0.25, 0.3) is 5.91 Å². The zero-order valence-electron chi connectivity index (χ0n) is 12.4. The second-order valence-corrected chi connectivity index (χ2v) is 5.21. The fourth-order valence-corrected chi connectivity index (χ4v) is 2.41. The molecule has 6 heteroatoms. The van der Waals surface area contributed by atoms with E-state index in [0.717, 1.165) is 10.9 Å². The molecule has 0 unspecified atom stereocenters. The number of fused-ring (bicyclic) bond motifs is 2. The molecule has 116 valence electrons. The largest absolute Gasteiger partial charge is 0.423 e. The summed E-state index contributed by atoms with van der Waals surface area (Å²) in [7, 11) is 0. The highest BCUT2D eigenvalue weighted by Crippen LogP contribution is 2.18. The highest BCUT2D eigenvalue weighted by Gasteiger charge is 2.10. The highest BCUT2D eigenvalue weighted by atomic mass is 16.4. The molecule has 2 heterocycles. The molecule has 6 nitrogen and oxygen atoms in total. The Bertz CT molecular complexity index is 1130. The van der Waals surface area contributed by atoms with Crippen molar-refractivity contribution >= 4 is 33.6 Å². The fourth-order valence-electron chi connectivity index (χ4n) is 2.41. The number of benzene rings is 2. The summed E-state index contributed by atoms with van der Waals surface area (Å²) < 4.78 is 5.06. The molecule has 2 aromatic carbocycles. The number of nitrogens with one attached hydrogen (secondary N) is 1. The van der Waals surface area contributed by atoms with Crippen LogP contribution in [0.5, 0.6) is 0 Å². The number of hydrogen-bond donors (Lipinski definition) is 1. The Hall–Kier alpha value is -3.54. The van der Waals surface area contributed by atoms with Gasteiger partial charge in [-0.05, 0) is 36.4 Å². The van der Waals surface area contributed by atoms with Gasteiger partial charge in [-0.1, -0.05) is 12.1 Å². The van der Waals surface area contributed by atoms with Gasteiger partial charge in [0.1, 0.15) is 11.3 Å². The minimum absolute atomic E-state index is 0.230. The molecule has 0 aliphatic carbocycles. The van der Waals surface area contributed by atoms with E-state index in [9.17, 15) is 9.59 Å². The van der Waals surface area contributed by atoms with Gasteiger partial charge in [0.05, 0.1) is 17.2 Å². The Morgan fingerprint density at radius 1 is 1.00 bits per heavy atom. The molecule has 0 fully saturated rings. The van der Waals surface area contributed by atoms with Crippen molar-refractivity contribution in [1.29, 1.82) is 0 Å². The molecule has 0 aliphatic rings. The van der Waals surface area contributed by atoms with Gasteiger partial charge in [0.15, 0.2) is 0 Å². The van der Waals surface area contributed by atoms with Crippen molar-refractivity contribution in [3.05, 3.63) is 76.9 Å². The molecule has 24 heavy (non-hydrogen) atoms. The second-order valence-electron chi connectivity index (χ2n) is 5.21. The summed E-state index contributed by atoms with van der Waals surface area (Å²) in [5, 5.41) is 3.49. The van der Waals surface area contributed by atoms with Gasteiger partial charge >= 0.3 is 5.63 Å². The number of rotatable bonds is 2. The number of nitrogens with zero attached hydrogens (tertiary/aromatic N) is 2. The van der Waals surface area contributed by atoms with Gasteiger partial charge in [-0.3, -0.25) is 9.78 Å². The maximum atomic E-state index is 12.4. The van der Waals surface area contributed by atoms with Crippen LogP contribution in [0.25, 0.3) is 22.0 Å². The molecule has 4 aromatic rings. The van der Waals surface area contributed by atoms with E-state index in [1.54, 1.807) is 30.3 Å². The van der Waals surface area contributed by atoms with Crippen LogP contribution in [-0.2, 0) is 0 Å². The number of amides is 1. The summed E-state index contributed by atoms with van der Waals surface area (Å²) in [4.78, 5) is 32.1. The van der Waals surface area contributed by atoms with Crippen molar-refractivity contribution in [2.75, 3.05) is 5.32 Å². The van der Waals surface area contributed by atoms with Crippen LogP contribution < -0.4 is 10.9 Å². The van der Waals surface area contributed by atoms with Crippen molar-refractivity contribution in [3.63, 3.8) is 0 Å². The van der Waals surface area contributed by atoms with E-state index in [2.05, 4.69) is 15.3 Å². The first kappa shape index (κ1) is 14.1. The van der Waals surface area contributed by atoms with E-state index >= 15 is 0 Å². The SMILES string of the molecule is O=C(Nc1ccc2oc(=O)ccc2c1)c1cnc2ccccc2n1. The minimum Gasteiger partial charge on any atom is -0.423 e. The monoisotopic (exact) mass is 317 g/mol. The molecule has 0 saturated heterocycles. The highest BCUT2D eigenvalue weighted by molar-refractivity contribution is 6.04. The van der Waals surface area contributed by atoms with Crippen molar-refractivity contribution in [1.82, 2.24) is 9.97 Å². The topological polar surface area (TPSA) is 85.1 Å². The first-order chi connectivity index (χ1) is 11.7. The van der Waals surface area contributed by atoms with Crippen molar-refractivity contribution in [3.8, 4) is 0 Å². The molecule has 0 radical (unpaired) electrons. The Balaban J connectivity index is 1.64. The maximum absolute atomic E-state index is 12.4. The molecule has 0 atom stereocenters. The molecular formula is C18H11N3O3. The number of hydrogen-bond acceptors (Lipinski definition) is 5. The van der Waals surface area contributed by atoms with Crippen molar-refractivity contribution in [2.45, 2.75) is 0 Å². The molecule has 1 amide bonds. The molecule has 2 aromatic heterocycles. The lowest BCUT2D eigenvalue weighted by atomic mass is 10.2. The Kier molecular flexibility index (Phi) is 3.28. The van der Waals surface area contributed by atoms with Crippen LogP contribution in [0.1, 0.15) is 10.5 Å². The van der Waals surface area contributed by atoms with Crippen LogP contribution in [0, 0.1) is 0 Å². The molecular weight excluding hydrogens is 306 g/mol. The predicted molar refractivity (Wildman–Crippen MR) is 90.0 cm³/mol.